The molecule has 0 saturated heterocycles. The third kappa shape index (κ3) is 1.44. The van der Waals surface area contributed by atoms with Gasteiger partial charge in [0.15, 0.2) is 0 Å². The van der Waals surface area contributed by atoms with E-state index in [1.165, 1.54) is 16.5 Å². The molecule has 3 rings (SSSR count). The van der Waals surface area contributed by atoms with Gasteiger partial charge in [-0.05, 0) is 37.1 Å². The summed E-state index contributed by atoms with van der Waals surface area (Å²) in [4.78, 5) is 0. The highest BCUT2D eigenvalue weighted by Gasteiger charge is 2.13. The third-order valence-electron chi connectivity index (χ3n) is 3.13. The van der Waals surface area contributed by atoms with Crippen molar-refractivity contribution in [2.45, 2.75) is 13.3 Å². The average molecular weight is 213 g/mol. The maximum atomic E-state index is 4.45. The van der Waals surface area contributed by atoms with Crippen LogP contribution in [0.3, 0.4) is 0 Å². The maximum absolute atomic E-state index is 4.45. The van der Waals surface area contributed by atoms with Crippen LogP contribution in [0, 0.1) is 6.92 Å². The molecule has 1 aliphatic heterocycles. The van der Waals surface area contributed by atoms with Crippen molar-refractivity contribution in [1.29, 1.82) is 0 Å². The molecule has 2 N–H and O–H groups in total. The van der Waals surface area contributed by atoms with Crippen LogP contribution in [0.15, 0.2) is 24.3 Å². The van der Waals surface area contributed by atoms with Crippen LogP contribution in [0.2, 0.25) is 0 Å². The van der Waals surface area contributed by atoms with Crippen LogP contribution in [0.25, 0.3) is 16.5 Å². The van der Waals surface area contributed by atoms with Gasteiger partial charge in [0.1, 0.15) is 0 Å². The summed E-state index contributed by atoms with van der Waals surface area (Å²) in [5, 5.41) is 12.2. The standard InChI is InChI=1S/C13H15N3/c1-9-4-2-6-11-12(9)13(16-15-11)10-5-3-7-14-8-10/h2,4-6,14H,3,7-8H2,1H3,(H,15,16). The molecule has 1 aromatic heterocycles. The van der Waals surface area contributed by atoms with Gasteiger partial charge in [0.2, 0.25) is 0 Å². The molecule has 2 heterocycles. The smallest absolute Gasteiger partial charge is 0.0971 e. The SMILES string of the molecule is Cc1cccc2[nH]nc(C3=CCCNC3)c12. The Kier molecular flexibility index (Phi) is 2.26. The van der Waals surface area contributed by atoms with E-state index in [0.717, 1.165) is 30.7 Å². The molecule has 3 nitrogen and oxygen atoms in total. The number of rotatable bonds is 1. The van der Waals surface area contributed by atoms with E-state index in [-0.39, 0.29) is 0 Å². The van der Waals surface area contributed by atoms with Gasteiger partial charge >= 0.3 is 0 Å². The highest BCUT2D eigenvalue weighted by Crippen LogP contribution is 2.26. The van der Waals surface area contributed by atoms with Crippen molar-refractivity contribution >= 4 is 16.5 Å². The van der Waals surface area contributed by atoms with Crippen LogP contribution in [0.5, 0.6) is 0 Å². The number of nitrogens with zero attached hydrogens (tertiary/aromatic N) is 1. The molecule has 16 heavy (non-hydrogen) atoms. The first kappa shape index (κ1) is 9.60. The molecule has 1 aromatic carbocycles. The van der Waals surface area contributed by atoms with Crippen LogP contribution in [0.4, 0.5) is 0 Å². The molecule has 0 spiro atoms. The van der Waals surface area contributed by atoms with E-state index in [1.54, 1.807) is 0 Å². The number of fused-ring (bicyclic) bond motifs is 1. The van der Waals surface area contributed by atoms with E-state index in [4.69, 9.17) is 0 Å². The first-order valence-electron chi connectivity index (χ1n) is 5.70. The highest BCUT2D eigenvalue weighted by atomic mass is 15.1. The van der Waals surface area contributed by atoms with E-state index in [9.17, 15) is 0 Å². The molecule has 0 fully saturated rings. The Morgan fingerprint density at radius 3 is 3.06 bits per heavy atom. The van der Waals surface area contributed by atoms with Gasteiger partial charge in [0, 0.05) is 11.9 Å². The van der Waals surface area contributed by atoms with E-state index >= 15 is 0 Å². The molecule has 1 aliphatic rings. The van der Waals surface area contributed by atoms with Crippen molar-refractivity contribution in [3.63, 3.8) is 0 Å². The maximum Gasteiger partial charge on any atom is 0.0971 e. The lowest BCUT2D eigenvalue weighted by atomic mass is 10.0. The second-order valence-electron chi connectivity index (χ2n) is 4.26. The number of aromatic nitrogens is 2. The summed E-state index contributed by atoms with van der Waals surface area (Å²) in [6.45, 7) is 4.14. The molecule has 0 radical (unpaired) electrons. The van der Waals surface area contributed by atoms with Crippen molar-refractivity contribution < 1.29 is 0 Å². The summed E-state index contributed by atoms with van der Waals surface area (Å²) in [6.07, 6.45) is 3.38. The predicted octanol–water partition coefficient (Wildman–Crippen LogP) is 2.25. The minimum atomic E-state index is 0.925. The topological polar surface area (TPSA) is 40.7 Å². The minimum Gasteiger partial charge on any atom is -0.312 e. The van der Waals surface area contributed by atoms with Gasteiger partial charge in [-0.1, -0.05) is 18.2 Å². The monoisotopic (exact) mass is 213 g/mol. The second-order valence-corrected chi connectivity index (χ2v) is 4.26. The third-order valence-corrected chi connectivity index (χ3v) is 3.13. The highest BCUT2D eigenvalue weighted by molar-refractivity contribution is 5.93. The summed E-state index contributed by atoms with van der Waals surface area (Å²) in [7, 11) is 0. The molecule has 0 saturated carbocycles. The quantitative estimate of drug-likeness (QED) is 0.762. The molecule has 0 amide bonds. The molecule has 0 unspecified atom stereocenters. The van der Waals surface area contributed by atoms with Crippen molar-refractivity contribution in [1.82, 2.24) is 15.5 Å². The first-order chi connectivity index (χ1) is 7.86. The minimum absolute atomic E-state index is 0.925. The number of nitrogens with one attached hydrogen (secondary N) is 2. The van der Waals surface area contributed by atoms with Gasteiger partial charge in [-0.25, -0.2) is 0 Å². The van der Waals surface area contributed by atoms with Crippen molar-refractivity contribution in [3.05, 3.63) is 35.5 Å². The lowest BCUT2D eigenvalue weighted by molar-refractivity contribution is 0.737. The Hall–Kier alpha value is -1.61. The van der Waals surface area contributed by atoms with Crippen LogP contribution in [-0.2, 0) is 0 Å². The molecule has 0 aliphatic carbocycles. The van der Waals surface area contributed by atoms with Gasteiger partial charge in [-0.3, -0.25) is 5.10 Å². The zero-order valence-corrected chi connectivity index (χ0v) is 9.38. The number of hydrogen-bond donors (Lipinski definition) is 2. The lowest BCUT2D eigenvalue weighted by Crippen LogP contribution is -2.21. The summed E-state index contributed by atoms with van der Waals surface area (Å²) in [5.41, 5.74) is 4.83. The second kappa shape index (κ2) is 3.76. The molecule has 2 aromatic rings. The predicted molar refractivity (Wildman–Crippen MR) is 66.3 cm³/mol. The zero-order valence-electron chi connectivity index (χ0n) is 9.38. The normalized spacial score (nSPS) is 16.4. The average Bonchev–Trinajstić information content (AvgIpc) is 2.75. The van der Waals surface area contributed by atoms with Gasteiger partial charge < -0.3 is 5.32 Å². The molecule has 0 atom stereocenters. The number of aromatic amines is 1. The molecular formula is C13H15N3. The van der Waals surface area contributed by atoms with Crippen LogP contribution >= 0.6 is 0 Å². The Morgan fingerprint density at radius 1 is 1.31 bits per heavy atom. The molecule has 82 valence electrons. The van der Waals surface area contributed by atoms with Gasteiger partial charge in [-0.2, -0.15) is 5.10 Å². The van der Waals surface area contributed by atoms with Crippen LogP contribution in [-0.4, -0.2) is 23.3 Å². The van der Waals surface area contributed by atoms with Crippen molar-refractivity contribution in [3.8, 4) is 0 Å². The van der Waals surface area contributed by atoms with Crippen LogP contribution < -0.4 is 5.32 Å². The Morgan fingerprint density at radius 2 is 2.25 bits per heavy atom. The summed E-state index contributed by atoms with van der Waals surface area (Å²) in [6, 6.07) is 6.28. The van der Waals surface area contributed by atoms with Crippen molar-refractivity contribution in [2.24, 2.45) is 0 Å². The number of benzene rings is 1. The van der Waals surface area contributed by atoms with Gasteiger partial charge in [0.25, 0.3) is 0 Å². The van der Waals surface area contributed by atoms with E-state index < -0.39 is 0 Å². The number of hydrogen-bond acceptors (Lipinski definition) is 2. The molecular weight excluding hydrogens is 198 g/mol. The summed E-state index contributed by atoms with van der Waals surface area (Å²) in [5.74, 6) is 0. The largest absolute Gasteiger partial charge is 0.312 e. The molecule has 0 bridgehead atoms. The van der Waals surface area contributed by atoms with E-state index in [1.807, 2.05) is 0 Å². The fraction of sp³-hybridized carbons (Fsp3) is 0.308. The van der Waals surface area contributed by atoms with Crippen LogP contribution in [0.1, 0.15) is 17.7 Å². The number of aryl methyl sites for hydroxylation is 1. The Balaban J connectivity index is 2.20. The fourth-order valence-electron chi connectivity index (χ4n) is 2.30. The zero-order chi connectivity index (χ0) is 11.0. The fourth-order valence-corrected chi connectivity index (χ4v) is 2.30. The number of H-pyrrole nitrogens is 1. The summed E-state index contributed by atoms with van der Waals surface area (Å²) >= 11 is 0. The Bertz CT molecular complexity index is 551. The van der Waals surface area contributed by atoms with Gasteiger partial charge in [-0.15, -0.1) is 0 Å². The van der Waals surface area contributed by atoms with Gasteiger partial charge in [0.05, 0.1) is 11.2 Å². The Labute approximate surface area is 94.6 Å². The van der Waals surface area contributed by atoms with E-state index in [2.05, 4.69) is 46.7 Å². The molecule has 3 heteroatoms. The first-order valence-corrected chi connectivity index (χ1v) is 5.70. The lowest BCUT2D eigenvalue weighted by Gasteiger charge is -2.12. The van der Waals surface area contributed by atoms with Crippen molar-refractivity contribution in [2.75, 3.05) is 13.1 Å². The van der Waals surface area contributed by atoms with E-state index in [0.29, 0.717) is 0 Å². The summed E-state index contributed by atoms with van der Waals surface area (Å²) < 4.78 is 0.